The highest BCUT2D eigenvalue weighted by Gasteiger charge is 2.51. The van der Waals surface area contributed by atoms with Crippen LogP contribution in [0, 0.1) is 11.3 Å². The molecule has 0 aliphatic carbocycles. The van der Waals surface area contributed by atoms with Gasteiger partial charge in [-0.3, -0.25) is 14.4 Å². The molecule has 6 heteroatoms. The molecule has 1 atom stereocenters. The quantitative estimate of drug-likeness (QED) is 0.507. The van der Waals surface area contributed by atoms with Crippen molar-refractivity contribution in [2.75, 3.05) is 6.61 Å². The lowest BCUT2D eigenvalue weighted by atomic mass is 9.71. The average molecular weight is 260 g/mol. The Hall–Kier alpha value is -1.59. The molecule has 0 fully saturated rings. The number of esters is 1. The zero-order valence-corrected chi connectivity index (χ0v) is 10.9. The smallest absolute Gasteiger partial charge is 0.321 e. The fourth-order valence-corrected chi connectivity index (χ4v) is 2.07. The van der Waals surface area contributed by atoms with E-state index in [1.54, 1.807) is 0 Å². The molecular formula is C12H20O6. The zero-order valence-electron chi connectivity index (χ0n) is 10.9. The maximum atomic E-state index is 11.3. The number of aliphatic carboxylic acids is 2. The Balaban J connectivity index is 5.26. The first kappa shape index (κ1) is 16.4. The molecular weight excluding hydrogens is 240 g/mol. The Morgan fingerprint density at radius 1 is 1.17 bits per heavy atom. The van der Waals surface area contributed by atoms with Crippen LogP contribution in [-0.2, 0) is 19.1 Å². The second-order valence-electron chi connectivity index (χ2n) is 4.22. The first-order chi connectivity index (χ1) is 8.32. The van der Waals surface area contributed by atoms with Crippen molar-refractivity contribution in [3.63, 3.8) is 0 Å². The molecule has 0 rings (SSSR count). The summed E-state index contributed by atoms with van der Waals surface area (Å²) < 4.78 is 4.80. The summed E-state index contributed by atoms with van der Waals surface area (Å²) >= 11 is 0. The molecule has 0 bridgehead atoms. The Morgan fingerprint density at radius 3 is 1.94 bits per heavy atom. The van der Waals surface area contributed by atoms with Crippen molar-refractivity contribution < 1.29 is 29.3 Å². The molecule has 18 heavy (non-hydrogen) atoms. The maximum absolute atomic E-state index is 11.3. The number of carboxylic acid groups (broad SMARTS) is 2. The van der Waals surface area contributed by atoms with Crippen LogP contribution in [0.2, 0.25) is 0 Å². The second-order valence-corrected chi connectivity index (χ2v) is 4.22. The van der Waals surface area contributed by atoms with E-state index in [1.807, 2.05) is 6.92 Å². The van der Waals surface area contributed by atoms with E-state index in [0.29, 0.717) is 12.8 Å². The molecule has 0 saturated carbocycles. The number of hydrogen-bond acceptors (Lipinski definition) is 4. The highest BCUT2D eigenvalue weighted by atomic mass is 16.5. The standard InChI is InChI=1S/C12H20O6/c1-4-6-9(7-18-8(3)13)12(5-2,10(14)15)11(16)17/h9H,4-7H2,1-3H3,(H,14,15)(H,16,17). The third-order valence-electron chi connectivity index (χ3n) is 3.14. The summed E-state index contributed by atoms with van der Waals surface area (Å²) in [4.78, 5) is 33.5. The van der Waals surface area contributed by atoms with Crippen LogP contribution in [0.1, 0.15) is 40.0 Å². The van der Waals surface area contributed by atoms with Crippen LogP contribution >= 0.6 is 0 Å². The van der Waals surface area contributed by atoms with Crippen molar-refractivity contribution in [2.24, 2.45) is 11.3 Å². The van der Waals surface area contributed by atoms with Crippen molar-refractivity contribution in [1.29, 1.82) is 0 Å². The molecule has 0 aromatic rings. The van der Waals surface area contributed by atoms with Crippen LogP contribution in [-0.4, -0.2) is 34.7 Å². The maximum Gasteiger partial charge on any atom is 0.321 e. The molecule has 0 aromatic carbocycles. The zero-order chi connectivity index (χ0) is 14.3. The number of carbonyl (C=O) groups excluding carboxylic acids is 1. The minimum atomic E-state index is -1.90. The molecule has 0 heterocycles. The van der Waals surface area contributed by atoms with Crippen LogP contribution in [0.3, 0.4) is 0 Å². The van der Waals surface area contributed by atoms with Gasteiger partial charge in [0.25, 0.3) is 0 Å². The molecule has 0 radical (unpaired) electrons. The Morgan fingerprint density at radius 2 is 1.67 bits per heavy atom. The van der Waals surface area contributed by atoms with Crippen LogP contribution < -0.4 is 0 Å². The van der Waals surface area contributed by atoms with E-state index in [9.17, 15) is 24.6 Å². The molecule has 6 nitrogen and oxygen atoms in total. The third kappa shape index (κ3) is 3.45. The van der Waals surface area contributed by atoms with Gasteiger partial charge in [-0.1, -0.05) is 20.3 Å². The predicted molar refractivity (Wildman–Crippen MR) is 63.0 cm³/mol. The van der Waals surface area contributed by atoms with Gasteiger partial charge in [-0.25, -0.2) is 0 Å². The van der Waals surface area contributed by atoms with Gasteiger partial charge >= 0.3 is 17.9 Å². The number of ether oxygens (including phenoxy) is 1. The van der Waals surface area contributed by atoms with Gasteiger partial charge in [0.15, 0.2) is 5.41 Å². The normalized spacial score (nSPS) is 12.8. The van der Waals surface area contributed by atoms with Gasteiger partial charge in [-0.05, 0) is 12.8 Å². The lowest BCUT2D eigenvalue weighted by molar-refractivity contribution is -0.174. The van der Waals surface area contributed by atoms with Crippen LogP contribution in [0.25, 0.3) is 0 Å². The molecule has 0 aromatic heterocycles. The summed E-state index contributed by atoms with van der Waals surface area (Å²) in [6.07, 6.45) is 0.942. The van der Waals surface area contributed by atoms with Gasteiger partial charge in [-0.15, -0.1) is 0 Å². The highest BCUT2D eigenvalue weighted by molar-refractivity contribution is 5.98. The summed E-state index contributed by atoms with van der Waals surface area (Å²) in [6.45, 7) is 4.36. The average Bonchev–Trinajstić information content (AvgIpc) is 2.26. The lowest BCUT2D eigenvalue weighted by Crippen LogP contribution is -2.47. The number of carboxylic acids is 2. The molecule has 0 aliphatic heterocycles. The molecule has 2 N–H and O–H groups in total. The summed E-state index contributed by atoms with van der Waals surface area (Å²) in [6, 6.07) is 0. The molecule has 0 saturated heterocycles. The van der Waals surface area contributed by atoms with Gasteiger partial charge in [0, 0.05) is 12.8 Å². The topological polar surface area (TPSA) is 101 Å². The summed E-state index contributed by atoms with van der Waals surface area (Å²) in [5, 5.41) is 18.5. The molecule has 0 aliphatic rings. The van der Waals surface area contributed by atoms with E-state index >= 15 is 0 Å². The molecule has 0 amide bonds. The monoisotopic (exact) mass is 260 g/mol. The molecule has 104 valence electrons. The number of rotatable bonds is 8. The van der Waals surface area contributed by atoms with E-state index in [0.717, 1.165) is 0 Å². The Kier molecular flexibility index (Phi) is 6.36. The number of hydrogen-bond donors (Lipinski definition) is 2. The Bertz CT molecular complexity index is 309. The molecule has 1 unspecified atom stereocenters. The SMILES string of the molecule is CCCC(COC(C)=O)C(CC)(C(=O)O)C(=O)O. The fourth-order valence-electron chi connectivity index (χ4n) is 2.07. The van der Waals surface area contributed by atoms with Crippen molar-refractivity contribution in [1.82, 2.24) is 0 Å². The van der Waals surface area contributed by atoms with E-state index in [-0.39, 0.29) is 13.0 Å². The van der Waals surface area contributed by atoms with Gasteiger partial charge < -0.3 is 14.9 Å². The minimum absolute atomic E-state index is 0.0520. The van der Waals surface area contributed by atoms with E-state index in [1.165, 1.54) is 13.8 Å². The van der Waals surface area contributed by atoms with Gasteiger partial charge in [0.1, 0.15) is 0 Å². The van der Waals surface area contributed by atoms with E-state index in [4.69, 9.17) is 4.74 Å². The van der Waals surface area contributed by atoms with E-state index in [2.05, 4.69) is 0 Å². The Labute approximate surface area is 106 Å². The second kappa shape index (κ2) is 6.98. The number of carbonyl (C=O) groups is 3. The largest absolute Gasteiger partial charge is 0.480 e. The lowest BCUT2D eigenvalue weighted by Gasteiger charge is -2.32. The summed E-state index contributed by atoms with van der Waals surface area (Å²) in [5.41, 5.74) is -1.90. The van der Waals surface area contributed by atoms with Crippen LogP contribution in [0.5, 0.6) is 0 Å². The first-order valence-electron chi connectivity index (χ1n) is 5.93. The summed E-state index contributed by atoms with van der Waals surface area (Å²) in [5.74, 6) is -4.05. The van der Waals surface area contributed by atoms with Crippen LogP contribution in [0.4, 0.5) is 0 Å². The minimum Gasteiger partial charge on any atom is -0.480 e. The van der Waals surface area contributed by atoms with Gasteiger partial charge in [-0.2, -0.15) is 0 Å². The first-order valence-corrected chi connectivity index (χ1v) is 5.93. The predicted octanol–water partition coefficient (Wildman–Crippen LogP) is 1.53. The molecule has 0 spiro atoms. The van der Waals surface area contributed by atoms with Crippen molar-refractivity contribution in [3.05, 3.63) is 0 Å². The van der Waals surface area contributed by atoms with Gasteiger partial charge in [0.2, 0.25) is 0 Å². The van der Waals surface area contributed by atoms with Crippen molar-refractivity contribution >= 4 is 17.9 Å². The van der Waals surface area contributed by atoms with Crippen molar-refractivity contribution in [2.45, 2.75) is 40.0 Å². The van der Waals surface area contributed by atoms with Crippen molar-refractivity contribution in [3.8, 4) is 0 Å². The van der Waals surface area contributed by atoms with Crippen LogP contribution in [0.15, 0.2) is 0 Å². The van der Waals surface area contributed by atoms with E-state index < -0.39 is 29.2 Å². The van der Waals surface area contributed by atoms with Gasteiger partial charge in [0.05, 0.1) is 6.61 Å². The third-order valence-corrected chi connectivity index (χ3v) is 3.14. The summed E-state index contributed by atoms with van der Waals surface area (Å²) in [7, 11) is 0. The fraction of sp³-hybridized carbons (Fsp3) is 0.750. The highest BCUT2D eigenvalue weighted by Crippen LogP contribution is 2.36.